The van der Waals surface area contributed by atoms with Crippen LogP contribution in [0.5, 0.6) is 0 Å². The maximum atomic E-state index is 12.6. The van der Waals surface area contributed by atoms with Crippen LogP contribution in [0.2, 0.25) is 0 Å². The Morgan fingerprint density at radius 3 is 2.72 bits per heavy atom. The molecule has 0 saturated heterocycles. The molecule has 2 N–H and O–H groups in total. The summed E-state index contributed by atoms with van der Waals surface area (Å²) < 4.78 is 1.60. The van der Waals surface area contributed by atoms with Gasteiger partial charge >= 0.3 is 0 Å². The second kappa shape index (κ2) is 6.16. The van der Waals surface area contributed by atoms with Gasteiger partial charge in [-0.25, -0.2) is 0 Å². The average Bonchev–Trinajstić information content (AvgIpc) is 3.29. The summed E-state index contributed by atoms with van der Waals surface area (Å²) in [7, 11) is 0. The Bertz CT molecular complexity index is 1020. The summed E-state index contributed by atoms with van der Waals surface area (Å²) in [5, 5.41) is 22.4. The fraction of sp³-hybridized carbons (Fsp3) is 0.118. The molecule has 8 nitrogen and oxygen atoms in total. The summed E-state index contributed by atoms with van der Waals surface area (Å²) in [4.78, 5) is 12.6. The molecule has 2 aromatic carbocycles. The summed E-state index contributed by atoms with van der Waals surface area (Å²) in [5.74, 6) is 0.256. The smallest absolute Gasteiger partial charge is 0.273 e. The van der Waals surface area contributed by atoms with Gasteiger partial charge in [0.1, 0.15) is 0 Å². The third-order valence-electron chi connectivity index (χ3n) is 3.91. The minimum atomic E-state index is -0.391. The van der Waals surface area contributed by atoms with Gasteiger partial charge in [0, 0.05) is 5.39 Å². The molecule has 0 aliphatic rings. The van der Waals surface area contributed by atoms with Crippen LogP contribution in [-0.2, 0) is 0 Å². The van der Waals surface area contributed by atoms with Gasteiger partial charge in [-0.15, -0.1) is 5.10 Å². The van der Waals surface area contributed by atoms with E-state index < -0.39 is 6.04 Å². The van der Waals surface area contributed by atoms with Crippen molar-refractivity contribution in [1.82, 2.24) is 35.7 Å². The molecule has 0 aliphatic carbocycles. The van der Waals surface area contributed by atoms with Gasteiger partial charge in [0.25, 0.3) is 5.91 Å². The van der Waals surface area contributed by atoms with Crippen molar-refractivity contribution in [2.75, 3.05) is 0 Å². The van der Waals surface area contributed by atoms with E-state index in [9.17, 15) is 4.79 Å². The van der Waals surface area contributed by atoms with Crippen LogP contribution in [-0.4, -0.2) is 36.3 Å². The standard InChI is InChI=1S/C17H15N7O/c1-11(16-21-22-23-24(16)12-7-3-2-4-8-12)18-17(25)15-13-9-5-6-10-14(13)19-20-15/h2-11H,1H3,(H,18,25)(H,19,20)/t11-/m1/s1. The second-order valence-corrected chi connectivity index (χ2v) is 5.60. The number of hydrogen-bond donors (Lipinski definition) is 2. The van der Waals surface area contributed by atoms with E-state index in [1.54, 1.807) is 4.68 Å². The van der Waals surface area contributed by atoms with Gasteiger partial charge in [0.15, 0.2) is 11.5 Å². The SMILES string of the molecule is C[C@@H](NC(=O)c1n[nH]c2ccccc12)c1nnnn1-c1ccccc1. The molecular weight excluding hydrogens is 318 g/mol. The average molecular weight is 333 g/mol. The molecule has 2 heterocycles. The molecule has 0 aliphatic heterocycles. The van der Waals surface area contributed by atoms with Gasteiger partial charge in [-0.2, -0.15) is 9.78 Å². The van der Waals surface area contributed by atoms with Crippen LogP contribution in [0.15, 0.2) is 54.6 Å². The van der Waals surface area contributed by atoms with Gasteiger partial charge in [0.2, 0.25) is 0 Å². The summed E-state index contributed by atoms with van der Waals surface area (Å²) in [6.45, 7) is 1.83. The van der Waals surface area contributed by atoms with E-state index in [-0.39, 0.29) is 5.91 Å². The zero-order valence-corrected chi connectivity index (χ0v) is 13.4. The summed E-state index contributed by atoms with van der Waals surface area (Å²) in [6.07, 6.45) is 0. The number of aromatic amines is 1. The number of fused-ring (bicyclic) bond motifs is 1. The lowest BCUT2D eigenvalue weighted by atomic mass is 10.2. The molecule has 124 valence electrons. The number of carbonyl (C=O) groups is 1. The van der Waals surface area contributed by atoms with Crippen LogP contribution in [0.4, 0.5) is 0 Å². The first kappa shape index (κ1) is 15.0. The minimum absolute atomic E-state index is 0.285. The number of para-hydroxylation sites is 2. The summed E-state index contributed by atoms with van der Waals surface area (Å²) in [5.41, 5.74) is 1.99. The van der Waals surface area contributed by atoms with E-state index in [2.05, 4.69) is 31.0 Å². The molecule has 4 rings (SSSR count). The number of carbonyl (C=O) groups excluding carboxylic acids is 1. The first-order valence-electron chi connectivity index (χ1n) is 7.81. The van der Waals surface area contributed by atoms with Crippen molar-refractivity contribution in [2.45, 2.75) is 13.0 Å². The number of benzene rings is 2. The zero-order chi connectivity index (χ0) is 17.2. The van der Waals surface area contributed by atoms with Gasteiger partial charge in [-0.05, 0) is 35.5 Å². The van der Waals surface area contributed by atoms with Crippen LogP contribution in [0.3, 0.4) is 0 Å². The number of nitrogens with zero attached hydrogens (tertiary/aromatic N) is 5. The molecule has 0 spiro atoms. The van der Waals surface area contributed by atoms with E-state index in [0.717, 1.165) is 16.6 Å². The van der Waals surface area contributed by atoms with Crippen LogP contribution in [0.1, 0.15) is 29.3 Å². The Kier molecular flexibility index (Phi) is 3.70. The van der Waals surface area contributed by atoms with E-state index in [4.69, 9.17) is 0 Å². The molecule has 0 saturated carbocycles. The maximum Gasteiger partial charge on any atom is 0.273 e. The Balaban J connectivity index is 1.60. The molecule has 1 amide bonds. The molecule has 2 aromatic heterocycles. The van der Waals surface area contributed by atoms with Crippen molar-refractivity contribution in [3.8, 4) is 5.69 Å². The zero-order valence-electron chi connectivity index (χ0n) is 13.4. The summed E-state index contributed by atoms with van der Waals surface area (Å²) in [6, 6.07) is 16.6. The fourth-order valence-electron chi connectivity index (χ4n) is 2.68. The van der Waals surface area contributed by atoms with Gasteiger partial charge in [-0.1, -0.05) is 36.4 Å². The first-order chi connectivity index (χ1) is 12.2. The number of rotatable bonds is 4. The Morgan fingerprint density at radius 2 is 1.88 bits per heavy atom. The molecule has 0 bridgehead atoms. The van der Waals surface area contributed by atoms with E-state index in [1.807, 2.05) is 61.5 Å². The van der Waals surface area contributed by atoms with Gasteiger partial charge in [-0.3, -0.25) is 9.89 Å². The minimum Gasteiger partial charge on any atom is -0.341 e. The highest BCUT2D eigenvalue weighted by molar-refractivity contribution is 6.04. The predicted octanol–water partition coefficient (Wildman–Crippen LogP) is 2.03. The highest BCUT2D eigenvalue weighted by Crippen LogP contribution is 2.17. The second-order valence-electron chi connectivity index (χ2n) is 5.60. The molecule has 1 atom stereocenters. The third-order valence-corrected chi connectivity index (χ3v) is 3.91. The van der Waals surface area contributed by atoms with Crippen LogP contribution in [0.25, 0.3) is 16.6 Å². The van der Waals surface area contributed by atoms with Crippen LogP contribution < -0.4 is 5.32 Å². The van der Waals surface area contributed by atoms with Gasteiger partial charge in [0.05, 0.1) is 17.2 Å². The third kappa shape index (κ3) is 2.74. The lowest BCUT2D eigenvalue weighted by Crippen LogP contribution is -2.29. The lowest BCUT2D eigenvalue weighted by molar-refractivity contribution is 0.0934. The number of amides is 1. The number of aromatic nitrogens is 6. The van der Waals surface area contributed by atoms with Gasteiger partial charge < -0.3 is 5.32 Å². The highest BCUT2D eigenvalue weighted by atomic mass is 16.2. The molecule has 8 heteroatoms. The lowest BCUT2D eigenvalue weighted by Gasteiger charge is -2.13. The molecular formula is C17H15N7O. The molecule has 4 aromatic rings. The number of H-pyrrole nitrogens is 1. The Hall–Kier alpha value is -3.55. The van der Waals surface area contributed by atoms with Crippen molar-refractivity contribution in [1.29, 1.82) is 0 Å². The normalized spacial score (nSPS) is 12.2. The highest BCUT2D eigenvalue weighted by Gasteiger charge is 2.21. The monoisotopic (exact) mass is 333 g/mol. The Labute approximate surface area is 142 Å². The number of nitrogens with one attached hydrogen (secondary N) is 2. The quantitative estimate of drug-likeness (QED) is 0.595. The predicted molar refractivity (Wildman–Crippen MR) is 91.1 cm³/mol. The topological polar surface area (TPSA) is 101 Å². The molecule has 25 heavy (non-hydrogen) atoms. The summed E-state index contributed by atoms with van der Waals surface area (Å²) >= 11 is 0. The largest absolute Gasteiger partial charge is 0.341 e. The molecule has 0 fully saturated rings. The van der Waals surface area contributed by atoms with Crippen LogP contribution in [0, 0.1) is 0 Å². The maximum absolute atomic E-state index is 12.6. The number of tetrazole rings is 1. The van der Waals surface area contributed by atoms with E-state index >= 15 is 0 Å². The van der Waals surface area contributed by atoms with Crippen molar-refractivity contribution in [3.05, 3.63) is 66.1 Å². The van der Waals surface area contributed by atoms with Crippen molar-refractivity contribution < 1.29 is 4.79 Å². The first-order valence-corrected chi connectivity index (χ1v) is 7.81. The van der Waals surface area contributed by atoms with Crippen LogP contribution >= 0.6 is 0 Å². The number of hydrogen-bond acceptors (Lipinski definition) is 5. The Morgan fingerprint density at radius 1 is 1.12 bits per heavy atom. The fourth-order valence-corrected chi connectivity index (χ4v) is 2.68. The molecule has 0 unspecified atom stereocenters. The van der Waals surface area contributed by atoms with Crippen molar-refractivity contribution in [3.63, 3.8) is 0 Å². The van der Waals surface area contributed by atoms with Crippen molar-refractivity contribution >= 4 is 16.8 Å². The van der Waals surface area contributed by atoms with E-state index in [0.29, 0.717) is 11.5 Å². The van der Waals surface area contributed by atoms with Crippen molar-refractivity contribution in [2.24, 2.45) is 0 Å². The van der Waals surface area contributed by atoms with E-state index in [1.165, 1.54) is 0 Å². The molecule has 0 radical (unpaired) electrons.